The molecule has 1 atom stereocenters. The van der Waals surface area contributed by atoms with Crippen LogP contribution in [0.25, 0.3) is 0 Å². The summed E-state index contributed by atoms with van der Waals surface area (Å²) >= 11 is 0. The van der Waals surface area contributed by atoms with Crippen LogP contribution in [0.3, 0.4) is 0 Å². The maximum absolute atomic E-state index is 11.6. The van der Waals surface area contributed by atoms with Crippen molar-refractivity contribution in [1.29, 1.82) is 0 Å². The van der Waals surface area contributed by atoms with E-state index in [1.165, 1.54) is 6.92 Å². The topological polar surface area (TPSA) is 81.4 Å². The molecule has 0 unspecified atom stereocenters. The second kappa shape index (κ2) is 5.54. The lowest BCUT2D eigenvalue weighted by Gasteiger charge is -2.09. The predicted molar refractivity (Wildman–Crippen MR) is 43.7 cm³/mol. The minimum atomic E-state index is -5.01. The fraction of sp³-hybridized carbons (Fsp3) is 0.714. The molecule has 5 nitrogen and oxygen atoms in total. The van der Waals surface area contributed by atoms with E-state index in [0.717, 1.165) is 0 Å². The Morgan fingerprint density at radius 2 is 2.00 bits per heavy atom. The second-order valence-corrected chi connectivity index (χ2v) is 2.71. The number of rotatable bonds is 4. The largest absolute Gasteiger partial charge is 0.490 e. The van der Waals surface area contributed by atoms with Gasteiger partial charge in [-0.15, -0.1) is 0 Å². The van der Waals surface area contributed by atoms with Gasteiger partial charge in [0.05, 0.1) is 12.6 Å². The van der Waals surface area contributed by atoms with Crippen LogP contribution in [-0.2, 0) is 14.3 Å². The molecule has 8 heteroatoms. The fourth-order valence-electron chi connectivity index (χ4n) is 0.561. The zero-order chi connectivity index (χ0) is 12.1. The molecule has 0 rings (SSSR count). The lowest BCUT2D eigenvalue weighted by molar-refractivity contribution is -0.199. The first-order valence-electron chi connectivity index (χ1n) is 4.02. The number of alkyl halides is 3. The van der Waals surface area contributed by atoms with Gasteiger partial charge in [0.1, 0.15) is 6.61 Å². The molecule has 88 valence electrons. The molecule has 0 aromatic heterocycles. The minimum Gasteiger partial charge on any atom is -0.457 e. The van der Waals surface area contributed by atoms with E-state index >= 15 is 0 Å². The molecule has 0 aliphatic rings. The van der Waals surface area contributed by atoms with Crippen molar-refractivity contribution >= 4 is 11.9 Å². The van der Waals surface area contributed by atoms with Crippen molar-refractivity contribution in [3.05, 3.63) is 0 Å². The highest BCUT2D eigenvalue weighted by Crippen LogP contribution is 2.15. The fourth-order valence-corrected chi connectivity index (χ4v) is 0.561. The summed E-state index contributed by atoms with van der Waals surface area (Å²) in [6.07, 6.45) is -5.01. The summed E-state index contributed by atoms with van der Waals surface area (Å²) < 4.78 is 38.6. The third-order valence-corrected chi connectivity index (χ3v) is 1.28. The molecule has 0 fully saturated rings. The molecule has 0 aliphatic carbocycles. The summed E-state index contributed by atoms with van der Waals surface area (Å²) in [6.45, 7) is 0.663. The van der Waals surface area contributed by atoms with Gasteiger partial charge < -0.3 is 15.8 Å². The van der Waals surface area contributed by atoms with Gasteiger partial charge in [0.2, 0.25) is 5.91 Å². The Morgan fingerprint density at radius 1 is 1.47 bits per heavy atom. The van der Waals surface area contributed by atoms with Crippen LogP contribution < -0.4 is 11.1 Å². The Hall–Kier alpha value is -1.31. The number of hydrogen-bond acceptors (Lipinski definition) is 4. The number of ether oxygens (including phenoxy) is 1. The monoisotopic (exact) mass is 228 g/mol. The van der Waals surface area contributed by atoms with Crippen LogP contribution in [0.1, 0.15) is 6.92 Å². The summed E-state index contributed by atoms with van der Waals surface area (Å²) in [4.78, 5) is 20.9. The quantitative estimate of drug-likeness (QED) is 0.504. The molecule has 0 aromatic carbocycles. The molecular weight excluding hydrogens is 217 g/mol. The van der Waals surface area contributed by atoms with E-state index in [-0.39, 0.29) is 6.54 Å². The summed E-state index contributed by atoms with van der Waals surface area (Å²) in [5, 5.41) is 2.18. The normalized spacial score (nSPS) is 13.1. The van der Waals surface area contributed by atoms with E-state index in [4.69, 9.17) is 5.73 Å². The Balaban J connectivity index is 3.65. The van der Waals surface area contributed by atoms with Gasteiger partial charge in [0, 0.05) is 0 Å². The van der Waals surface area contributed by atoms with Gasteiger partial charge in [-0.25, -0.2) is 4.79 Å². The Labute approximate surface area is 83.8 Å². The van der Waals surface area contributed by atoms with E-state index in [0.29, 0.717) is 0 Å². The van der Waals surface area contributed by atoms with Crippen LogP contribution in [0.2, 0.25) is 0 Å². The number of carbonyl (C=O) groups excluding carboxylic acids is 2. The van der Waals surface area contributed by atoms with Gasteiger partial charge in [-0.1, -0.05) is 0 Å². The summed E-state index contributed by atoms with van der Waals surface area (Å²) in [5.74, 6) is -2.81. The Kier molecular flexibility index (Phi) is 5.06. The molecule has 1 amide bonds. The summed E-state index contributed by atoms with van der Waals surface area (Å²) in [6, 6.07) is -0.761. The average Bonchev–Trinajstić information content (AvgIpc) is 2.09. The van der Waals surface area contributed by atoms with Gasteiger partial charge in [-0.2, -0.15) is 13.2 Å². The molecule has 0 saturated carbocycles. The molecule has 0 aromatic rings. The molecule has 15 heavy (non-hydrogen) atoms. The second-order valence-electron chi connectivity index (χ2n) is 2.71. The first-order chi connectivity index (χ1) is 6.75. The van der Waals surface area contributed by atoms with Crippen molar-refractivity contribution < 1.29 is 27.5 Å². The third-order valence-electron chi connectivity index (χ3n) is 1.28. The van der Waals surface area contributed by atoms with E-state index in [9.17, 15) is 22.8 Å². The van der Waals surface area contributed by atoms with Crippen LogP contribution in [-0.4, -0.2) is 37.2 Å². The first kappa shape index (κ1) is 13.7. The summed E-state index contributed by atoms with van der Waals surface area (Å²) in [5.41, 5.74) is 5.15. The average molecular weight is 228 g/mol. The van der Waals surface area contributed by atoms with Crippen molar-refractivity contribution in [2.75, 3.05) is 13.2 Å². The van der Waals surface area contributed by atoms with E-state index < -0.39 is 30.7 Å². The molecule has 0 radical (unpaired) electrons. The molecule has 3 N–H and O–H groups in total. The van der Waals surface area contributed by atoms with Crippen molar-refractivity contribution in [3.8, 4) is 0 Å². The van der Waals surface area contributed by atoms with Crippen molar-refractivity contribution in [2.24, 2.45) is 5.73 Å². The van der Waals surface area contributed by atoms with Crippen LogP contribution in [0.5, 0.6) is 0 Å². The smallest absolute Gasteiger partial charge is 0.457 e. The van der Waals surface area contributed by atoms with Gasteiger partial charge in [-0.3, -0.25) is 4.79 Å². The van der Waals surface area contributed by atoms with Crippen LogP contribution >= 0.6 is 0 Å². The van der Waals surface area contributed by atoms with Gasteiger partial charge in [0.15, 0.2) is 0 Å². The SMILES string of the molecule is C[C@@H](N)C(=O)NCCOC(=O)C(F)(F)F. The standard InChI is InChI=1S/C7H11F3N2O3/c1-4(11)5(13)12-2-3-15-6(14)7(8,9)10/h4H,2-3,11H2,1H3,(H,12,13)/t4-/m1/s1. The van der Waals surface area contributed by atoms with E-state index in [2.05, 4.69) is 10.1 Å². The summed E-state index contributed by atoms with van der Waals surface area (Å²) in [7, 11) is 0. The highest BCUT2D eigenvalue weighted by Gasteiger charge is 2.40. The number of carbonyl (C=O) groups is 2. The third kappa shape index (κ3) is 5.89. The minimum absolute atomic E-state index is 0.206. The molecule has 0 aliphatic heterocycles. The molecule has 0 spiro atoms. The number of hydrogen-bond donors (Lipinski definition) is 2. The van der Waals surface area contributed by atoms with Crippen molar-refractivity contribution in [2.45, 2.75) is 19.1 Å². The van der Waals surface area contributed by atoms with Gasteiger partial charge >= 0.3 is 12.1 Å². The molecule has 0 saturated heterocycles. The van der Waals surface area contributed by atoms with Crippen molar-refractivity contribution in [3.63, 3.8) is 0 Å². The maximum Gasteiger partial charge on any atom is 0.490 e. The zero-order valence-electron chi connectivity index (χ0n) is 7.93. The van der Waals surface area contributed by atoms with Gasteiger partial charge in [-0.05, 0) is 6.92 Å². The first-order valence-corrected chi connectivity index (χ1v) is 4.02. The number of halogens is 3. The van der Waals surface area contributed by atoms with E-state index in [1.54, 1.807) is 0 Å². The molecule has 0 heterocycles. The van der Waals surface area contributed by atoms with Crippen LogP contribution in [0.4, 0.5) is 13.2 Å². The highest BCUT2D eigenvalue weighted by molar-refractivity contribution is 5.81. The lowest BCUT2D eigenvalue weighted by atomic mass is 10.3. The van der Waals surface area contributed by atoms with Crippen LogP contribution in [0, 0.1) is 0 Å². The Bertz CT molecular complexity index is 240. The maximum atomic E-state index is 11.6. The lowest BCUT2D eigenvalue weighted by Crippen LogP contribution is -2.40. The van der Waals surface area contributed by atoms with Crippen molar-refractivity contribution in [1.82, 2.24) is 5.32 Å². The number of amides is 1. The molecule has 0 bridgehead atoms. The predicted octanol–water partition coefficient (Wildman–Crippen LogP) is -0.445. The zero-order valence-corrected chi connectivity index (χ0v) is 7.93. The number of esters is 1. The van der Waals surface area contributed by atoms with Crippen LogP contribution in [0.15, 0.2) is 0 Å². The van der Waals surface area contributed by atoms with E-state index in [1.807, 2.05) is 0 Å². The van der Waals surface area contributed by atoms with Gasteiger partial charge in [0.25, 0.3) is 0 Å². The highest BCUT2D eigenvalue weighted by atomic mass is 19.4. The molecular formula is C7H11F3N2O3. The number of nitrogens with two attached hydrogens (primary N) is 1. The Morgan fingerprint density at radius 3 is 2.40 bits per heavy atom. The number of nitrogens with one attached hydrogen (secondary N) is 1.